The predicted octanol–water partition coefficient (Wildman–Crippen LogP) is 6.15. The summed E-state index contributed by atoms with van der Waals surface area (Å²) < 4.78 is 28.4. The van der Waals surface area contributed by atoms with E-state index in [1.165, 1.54) is 0 Å². The molecule has 0 bridgehead atoms. The number of hydrogen-bond acceptors (Lipinski definition) is 7. The topological polar surface area (TPSA) is 83.3 Å². The van der Waals surface area contributed by atoms with Gasteiger partial charge >= 0.3 is 0 Å². The van der Waals surface area contributed by atoms with Gasteiger partial charge in [0.1, 0.15) is 23.6 Å². The lowest BCUT2D eigenvalue weighted by atomic mass is 9.91. The van der Waals surface area contributed by atoms with Crippen molar-refractivity contribution in [2.75, 3.05) is 34.5 Å². The largest absolute Gasteiger partial charge is 0.493 e. The maximum atomic E-state index is 14.3. The minimum absolute atomic E-state index is 0.181. The molecule has 0 fully saturated rings. The van der Waals surface area contributed by atoms with Crippen LogP contribution in [0.2, 0.25) is 5.02 Å². The molecular weight excluding hydrogens is 520 g/mol. The molecule has 39 heavy (non-hydrogen) atoms. The average molecular weight is 549 g/mol. The van der Waals surface area contributed by atoms with Crippen molar-refractivity contribution in [1.82, 2.24) is 10.1 Å². The summed E-state index contributed by atoms with van der Waals surface area (Å²) >= 11 is 6.47. The number of nitrogens with zero attached hydrogens (tertiary/aromatic N) is 2. The van der Waals surface area contributed by atoms with Gasteiger partial charge in [0.25, 0.3) is 5.91 Å². The van der Waals surface area contributed by atoms with Crippen molar-refractivity contribution in [1.29, 1.82) is 0 Å². The van der Waals surface area contributed by atoms with E-state index in [1.54, 1.807) is 39.2 Å². The number of carbonyl (C=O) groups excluding carboxylic acids is 1. The van der Waals surface area contributed by atoms with Crippen molar-refractivity contribution in [2.24, 2.45) is 0 Å². The summed E-state index contributed by atoms with van der Waals surface area (Å²) in [4.78, 5) is 16.1. The number of carbonyl (C=O) groups is 1. The zero-order valence-corrected chi connectivity index (χ0v) is 22.9. The van der Waals surface area contributed by atoms with Crippen LogP contribution in [0, 0.1) is 6.92 Å². The molecule has 0 radical (unpaired) electrons. The molecule has 1 aromatic heterocycles. The van der Waals surface area contributed by atoms with E-state index >= 15 is 0 Å². The molecule has 3 aromatic carbocycles. The Morgan fingerprint density at radius 1 is 0.974 bits per heavy atom. The smallest absolute Gasteiger partial charge is 0.260 e. The van der Waals surface area contributed by atoms with Crippen LogP contribution < -0.4 is 18.9 Å². The van der Waals surface area contributed by atoms with Crippen LogP contribution in [0.4, 0.5) is 0 Å². The number of ether oxygens (including phenoxy) is 4. The van der Waals surface area contributed by atoms with Gasteiger partial charge in [0.15, 0.2) is 23.0 Å². The van der Waals surface area contributed by atoms with Crippen LogP contribution in [-0.2, 0) is 6.42 Å². The Morgan fingerprint density at radius 3 is 2.36 bits per heavy atom. The van der Waals surface area contributed by atoms with E-state index in [0.29, 0.717) is 63.6 Å². The number of amides is 1. The molecular formula is C30H29ClN2O6. The first-order valence-corrected chi connectivity index (χ1v) is 12.9. The quantitative estimate of drug-likeness (QED) is 0.261. The number of hydrogen-bond donors (Lipinski definition) is 0. The highest BCUT2D eigenvalue weighted by atomic mass is 35.5. The van der Waals surface area contributed by atoms with Crippen LogP contribution in [0.25, 0.3) is 11.3 Å². The molecule has 0 aliphatic carbocycles. The van der Waals surface area contributed by atoms with Crippen molar-refractivity contribution in [2.45, 2.75) is 19.4 Å². The molecule has 0 saturated heterocycles. The van der Waals surface area contributed by atoms with Gasteiger partial charge in [0.05, 0.1) is 32.4 Å². The van der Waals surface area contributed by atoms with Crippen LogP contribution in [0.5, 0.6) is 23.0 Å². The fraction of sp³-hybridized carbons (Fsp3) is 0.267. The summed E-state index contributed by atoms with van der Waals surface area (Å²) in [7, 11) is 4.79. The highest BCUT2D eigenvalue weighted by Gasteiger charge is 2.36. The van der Waals surface area contributed by atoms with Gasteiger partial charge in [-0.25, -0.2) is 0 Å². The molecule has 1 atom stereocenters. The molecule has 1 amide bonds. The number of methoxy groups -OCH3 is 3. The van der Waals surface area contributed by atoms with E-state index < -0.39 is 6.04 Å². The number of fused-ring (bicyclic) bond motifs is 1. The SMILES string of the molecule is COc1cc2c(cc1OC)C(COc1ccccc1OC)N(C(=O)c1c(-c3ccccc3Cl)noc1C)CC2. The monoisotopic (exact) mass is 548 g/mol. The van der Waals surface area contributed by atoms with Crippen molar-refractivity contribution >= 4 is 17.5 Å². The van der Waals surface area contributed by atoms with Gasteiger partial charge in [-0.05, 0) is 54.8 Å². The first-order chi connectivity index (χ1) is 19.0. The number of rotatable bonds is 8. The molecule has 1 aliphatic rings. The molecule has 1 unspecified atom stereocenters. The van der Waals surface area contributed by atoms with E-state index in [1.807, 2.05) is 54.6 Å². The van der Waals surface area contributed by atoms with Gasteiger partial charge in [-0.3, -0.25) is 4.79 Å². The standard InChI is InChI=1S/C30H29ClN2O6/c1-18-28(29(32-39-18)20-9-5-6-10-22(20)31)30(34)33-14-13-19-15-26(36-3)27(37-4)16-21(19)23(33)17-38-25-12-8-7-11-24(25)35-2/h5-12,15-16,23H,13-14,17H2,1-4H3. The zero-order chi connectivity index (χ0) is 27.5. The molecule has 0 saturated carbocycles. The van der Waals surface area contributed by atoms with E-state index in [9.17, 15) is 4.79 Å². The maximum Gasteiger partial charge on any atom is 0.260 e. The van der Waals surface area contributed by atoms with Gasteiger partial charge < -0.3 is 28.4 Å². The minimum atomic E-state index is -0.445. The first-order valence-electron chi connectivity index (χ1n) is 12.5. The van der Waals surface area contributed by atoms with Crippen LogP contribution in [0.3, 0.4) is 0 Å². The van der Waals surface area contributed by atoms with E-state index in [4.69, 9.17) is 35.1 Å². The molecule has 8 nitrogen and oxygen atoms in total. The number of halogens is 1. The van der Waals surface area contributed by atoms with Crippen molar-refractivity contribution in [3.63, 3.8) is 0 Å². The average Bonchev–Trinajstić information content (AvgIpc) is 3.35. The summed E-state index contributed by atoms with van der Waals surface area (Å²) in [5, 5.41) is 4.69. The highest BCUT2D eigenvalue weighted by molar-refractivity contribution is 6.33. The minimum Gasteiger partial charge on any atom is -0.493 e. The van der Waals surface area contributed by atoms with Gasteiger partial charge in [-0.2, -0.15) is 0 Å². The zero-order valence-electron chi connectivity index (χ0n) is 22.2. The van der Waals surface area contributed by atoms with Gasteiger partial charge in [-0.1, -0.05) is 47.1 Å². The molecule has 1 aliphatic heterocycles. The first kappa shape index (κ1) is 26.4. The molecule has 202 valence electrons. The molecule has 0 N–H and O–H groups in total. The number of aromatic nitrogens is 1. The predicted molar refractivity (Wildman–Crippen MR) is 147 cm³/mol. The Balaban J connectivity index is 1.57. The second kappa shape index (κ2) is 11.3. The van der Waals surface area contributed by atoms with Crippen molar-refractivity contribution in [3.8, 4) is 34.3 Å². The second-order valence-corrected chi connectivity index (χ2v) is 9.48. The van der Waals surface area contributed by atoms with Crippen molar-refractivity contribution in [3.05, 3.63) is 88.1 Å². The summed E-state index contributed by atoms with van der Waals surface area (Å²) in [6.07, 6.45) is 0.623. The van der Waals surface area contributed by atoms with E-state index in [-0.39, 0.29) is 12.5 Å². The molecule has 2 heterocycles. The molecule has 4 aromatic rings. The molecule has 9 heteroatoms. The second-order valence-electron chi connectivity index (χ2n) is 9.07. The Kier molecular flexibility index (Phi) is 7.65. The van der Waals surface area contributed by atoms with Crippen LogP contribution >= 0.6 is 11.6 Å². The maximum absolute atomic E-state index is 14.3. The number of aryl methyl sites for hydroxylation is 1. The van der Waals surface area contributed by atoms with Crippen LogP contribution in [-0.4, -0.2) is 50.4 Å². The lowest BCUT2D eigenvalue weighted by Crippen LogP contribution is -2.43. The normalized spacial score (nSPS) is 14.5. The fourth-order valence-corrected chi connectivity index (χ4v) is 5.19. The highest BCUT2D eigenvalue weighted by Crippen LogP contribution is 2.41. The molecule has 0 spiro atoms. The molecule has 5 rings (SSSR count). The van der Waals surface area contributed by atoms with Crippen LogP contribution in [0.1, 0.15) is 33.3 Å². The number of benzene rings is 3. The Bertz CT molecular complexity index is 1500. The summed E-state index contributed by atoms with van der Waals surface area (Å²) in [6.45, 7) is 2.36. The third-order valence-corrected chi connectivity index (χ3v) is 7.26. The third kappa shape index (κ3) is 5.00. The third-order valence-electron chi connectivity index (χ3n) is 6.93. The van der Waals surface area contributed by atoms with Gasteiger partial charge in [0.2, 0.25) is 0 Å². The lowest BCUT2D eigenvalue weighted by molar-refractivity contribution is 0.0586. The van der Waals surface area contributed by atoms with E-state index in [2.05, 4.69) is 5.16 Å². The fourth-order valence-electron chi connectivity index (χ4n) is 4.96. The summed E-state index contributed by atoms with van der Waals surface area (Å²) in [5.41, 5.74) is 3.37. The number of para-hydroxylation sites is 2. The van der Waals surface area contributed by atoms with Crippen molar-refractivity contribution < 1.29 is 28.3 Å². The summed E-state index contributed by atoms with van der Waals surface area (Å²) in [6, 6.07) is 18.1. The van der Waals surface area contributed by atoms with Gasteiger partial charge in [-0.15, -0.1) is 0 Å². The summed E-state index contributed by atoms with van der Waals surface area (Å²) in [5.74, 6) is 2.59. The van der Waals surface area contributed by atoms with Crippen LogP contribution in [0.15, 0.2) is 65.2 Å². The van der Waals surface area contributed by atoms with E-state index in [0.717, 1.165) is 11.1 Å². The van der Waals surface area contributed by atoms with Gasteiger partial charge in [0, 0.05) is 12.1 Å². The Hall–Kier alpha value is -4.17. The lowest BCUT2D eigenvalue weighted by Gasteiger charge is -2.37. The Morgan fingerprint density at radius 2 is 1.64 bits per heavy atom. The Labute approximate surface area is 232 Å².